The molecule has 134 valence electrons. The molecule has 1 fully saturated rings. The number of rotatable bonds is 4. The topological polar surface area (TPSA) is 29.1 Å². The second-order valence-corrected chi connectivity index (χ2v) is 7.96. The number of carbonyl (C=O) groups is 1. The van der Waals surface area contributed by atoms with Crippen molar-refractivity contribution in [2.45, 2.75) is 71.0 Å². The normalized spacial score (nSPS) is 18.2. The zero-order chi connectivity index (χ0) is 18.3. The predicted octanol–water partition coefficient (Wildman–Crippen LogP) is 5.18. The van der Waals surface area contributed by atoms with Crippen LogP contribution in [0.3, 0.4) is 0 Å². The molecule has 1 aliphatic rings. The maximum absolute atomic E-state index is 12.7. The Kier molecular flexibility index (Phi) is 5.03. The zero-order valence-electron chi connectivity index (χ0n) is 14.9. The third-order valence-electron chi connectivity index (χ3n) is 4.78. The first-order valence-electron chi connectivity index (χ1n) is 8.42. The molecule has 2 nitrogen and oxygen atoms in total. The number of hydrogen-bond donors (Lipinski definition) is 1. The van der Waals surface area contributed by atoms with Crippen molar-refractivity contribution in [3.63, 3.8) is 0 Å². The van der Waals surface area contributed by atoms with E-state index in [0.29, 0.717) is 17.4 Å². The fraction of sp³-hybridized carbons (Fsp3) is 0.632. The predicted molar refractivity (Wildman–Crippen MR) is 89.3 cm³/mol. The van der Waals surface area contributed by atoms with E-state index in [1.54, 1.807) is 12.1 Å². The van der Waals surface area contributed by atoms with E-state index in [4.69, 9.17) is 0 Å². The van der Waals surface area contributed by atoms with Crippen LogP contribution in [0.5, 0.6) is 0 Å². The fourth-order valence-corrected chi connectivity index (χ4v) is 2.71. The van der Waals surface area contributed by atoms with Gasteiger partial charge in [0.15, 0.2) is 0 Å². The van der Waals surface area contributed by atoms with Crippen LogP contribution in [0.25, 0.3) is 0 Å². The standard InChI is InChI=1S/C19H26F3NO/c1-11(13-6-7-13)14-8-15(10-16(9-14)18(3,4)5)17(24)23-12(2)19(20,21)22/h8-13H,6-7H2,1-5H3,(H,23,24). The smallest absolute Gasteiger partial charge is 0.341 e. The SMILES string of the molecule is CC(c1cc(C(=O)NC(C)C(F)(F)F)cc(C(C)(C)C)c1)C1CC1. The Morgan fingerprint density at radius 3 is 2.17 bits per heavy atom. The number of carbonyl (C=O) groups excluding carboxylic acids is 1. The third-order valence-corrected chi connectivity index (χ3v) is 4.78. The maximum Gasteiger partial charge on any atom is 0.408 e. The molecule has 24 heavy (non-hydrogen) atoms. The van der Waals surface area contributed by atoms with Crippen molar-refractivity contribution in [2.75, 3.05) is 0 Å². The minimum atomic E-state index is -4.44. The lowest BCUT2D eigenvalue weighted by molar-refractivity contribution is -0.149. The van der Waals surface area contributed by atoms with E-state index in [1.165, 1.54) is 12.8 Å². The van der Waals surface area contributed by atoms with Gasteiger partial charge in [-0.15, -0.1) is 0 Å². The Labute approximate surface area is 141 Å². The second kappa shape index (κ2) is 6.41. The van der Waals surface area contributed by atoms with Crippen molar-refractivity contribution in [1.82, 2.24) is 5.32 Å². The van der Waals surface area contributed by atoms with Crippen LogP contribution in [-0.2, 0) is 5.41 Å². The van der Waals surface area contributed by atoms with Gasteiger partial charge in [0.25, 0.3) is 5.91 Å². The van der Waals surface area contributed by atoms with Gasteiger partial charge >= 0.3 is 6.18 Å². The molecule has 0 spiro atoms. The summed E-state index contributed by atoms with van der Waals surface area (Å²) in [5, 5.41) is 2.06. The van der Waals surface area contributed by atoms with Gasteiger partial charge in [-0.05, 0) is 60.3 Å². The monoisotopic (exact) mass is 341 g/mol. The molecule has 1 aromatic carbocycles. The summed E-state index contributed by atoms with van der Waals surface area (Å²) in [6, 6.07) is 3.68. The van der Waals surface area contributed by atoms with E-state index < -0.39 is 18.1 Å². The van der Waals surface area contributed by atoms with Crippen LogP contribution in [0.15, 0.2) is 18.2 Å². The van der Waals surface area contributed by atoms with E-state index in [-0.39, 0.29) is 5.41 Å². The number of hydrogen-bond acceptors (Lipinski definition) is 1. The minimum Gasteiger partial charge on any atom is -0.341 e. The van der Waals surface area contributed by atoms with Crippen LogP contribution in [0.2, 0.25) is 0 Å². The van der Waals surface area contributed by atoms with Gasteiger partial charge in [0.1, 0.15) is 6.04 Å². The van der Waals surface area contributed by atoms with Crippen LogP contribution in [-0.4, -0.2) is 18.1 Å². The maximum atomic E-state index is 12.7. The second-order valence-electron chi connectivity index (χ2n) is 7.96. The molecule has 0 bridgehead atoms. The van der Waals surface area contributed by atoms with Crippen LogP contribution in [0, 0.1) is 5.92 Å². The summed E-state index contributed by atoms with van der Waals surface area (Å²) < 4.78 is 38.1. The molecule has 5 heteroatoms. The van der Waals surface area contributed by atoms with Crippen molar-refractivity contribution in [3.05, 3.63) is 34.9 Å². The summed E-state index contributed by atoms with van der Waals surface area (Å²) in [7, 11) is 0. The van der Waals surface area contributed by atoms with E-state index in [9.17, 15) is 18.0 Å². The number of benzene rings is 1. The first-order valence-corrected chi connectivity index (χ1v) is 8.42. The highest BCUT2D eigenvalue weighted by atomic mass is 19.4. The average Bonchev–Trinajstić information content (AvgIpc) is 3.28. The van der Waals surface area contributed by atoms with Crippen molar-refractivity contribution >= 4 is 5.91 Å². The quantitative estimate of drug-likeness (QED) is 0.803. The third kappa shape index (κ3) is 4.52. The largest absolute Gasteiger partial charge is 0.408 e. The molecule has 0 aromatic heterocycles. The lowest BCUT2D eigenvalue weighted by atomic mass is 9.82. The Bertz CT molecular complexity index is 612. The summed E-state index contributed by atoms with van der Waals surface area (Å²) in [5.74, 6) is 0.263. The molecule has 0 aliphatic heterocycles. The van der Waals surface area contributed by atoms with E-state index >= 15 is 0 Å². The molecule has 0 radical (unpaired) electrons. The number of halogens is 3. The Hall–Kier alpha value is -1.52. The molecule has 1 amide bonds. The average molecular weight is 341 g/mol. The molecule has 1 saturated carbocycles. The van der Waals surface area contributed by atoms with Crippen LogP contribution < -0.4 is 5.32 Å². The number of nitrogens with one attached hydrogen (secondary N) is 1. The van der Waals surface area contributed by atoms with Gasteiger partial charge in [-0.1, -0.05) is 33.8 Å². The van der Waals surface area contributed by atoms with Crippen LogP contribution in [0.4, 0.5) is 13.2 Å². The molecular weight excluding hydrogens is 315 g/mol. The molecule has 2 atom stereocenters. The fourth-order valence-electron chi connectivity index (χ4n) is 2.71. The van der Waals surface area contributed by atoms with Gasteiger partial charge < -0.3 is 5.32 Å². The van der Waals surface area contributed by atoms with Crippen molar-refractivity contribution in [3.8, 4) is 0 Å². The van der Waals surface area contributed by atoms with Crippen LogP contribution in [0.1, 0.15) is 74.9 Å². The van der Waals surface area contributed by atoms with Crippen LogP contribution >= 0.6 is 0 Å². The molecule has 2 rings (SSSR count). The molecule has 1 N–H and O–H groups in total. The Morgan fingerprint density at radius 1 is 1.12 bits per heavy atom. The summed E-state index contributed by atoms with van der Waals surface area (Å²) in [5.41, 5.74) is 2.14. The van der Waals surface area contributed by atoms with E-state index in [1.807, 2.05) is 20.8 Å². The van der Waals surface area contributed by atoms with Gasteiger partial charge in [0, 0.05) is 5.56 Å². The van der Waals surface area contributed by atoms with Gasteiger partial charge in [0.05, 0.1) is 0 Å². The molecule has 1 aromatic rings. The van der Waals surface area contributed by atoms with E-state index in [2.05, 4.69) is 18.3 Å². The molecule has 2 unspecified atom stereocenters. The lowest BCUT2D eigenvalue weighted by Crippen LogP contribution is -2.43. The van der Waals surface area contributed by atoms with Gasteiger partial charge in [-0.2, -0.15) is 13.2 Å². The summed E-state index contributed by atoms with van der Waals surface area (Å²) >= 11 is 0. The minimum absolute atomic E-state index is 0.177. The molecule has 0 heterocycles. The summed E-state index contributed by atoms with van der Waals surface area (Å²) in [4.78, 5) is 12.3. The van der Waals surface area contributed by atoms with Crippen molar-refractivity contribution < 1.29 is 18.0 Å². The molecule has 0 saturated heterocycles. The van der Waals surface area contributed by atoms with Crippen molar-refractivity contribution in [2.24, 2.45) is 5.92 Å². The lowest BCUT2D eigenvalue weighted by Gasteiger charge is -2.24. The van der Waals surface area contributed by atoms with Gasteiger partial charge in [-0.3, -0.25) is 4.79 Å². The Balaban J connectivity index is 2.34. The summed E-state index contributed by atoms with van der Waals surface area (Å²) in [6.07, 6.45) is -2.09. The summed E-state index contributed by atoms with van der Waals surface area (Å²) in [6.45, 7) is 9.19. The number of alkyl halides is 3. The first-order chi connectivity index (χ1) is 10.9. The van der Waals surface area contributed by atoms with Gasteiger partial charge in [0.2, 0.25) is 0 Å². The highest BCUT2D eigenvalue weighted by molar-refractivity contribution is 5.95. The number of amides is 1. The van der Waals surface area contributed by atoms with Crippen molar-refractivity contribution in [1.29, 1.82) is 0 Å². The van der Waals surface area contributed by atoms with E-state index in [0.717, 1.165) is 18.1 Å². The molecular formula is C19H26F3NO. The first kappa shape index (κ1) is 18.8. The molecule has 1 aliphatic carbocycles. The van der Waals surface area contributed by atoms with Gasteiger partial charge in [-0.25, -0.2) is 0 Å². The highest BCUT2D eigenvalue weighted by Gasteiger charge is 2.37. The zero-order valence-corrected chi connectivity index (χ0v) is 14.9. The highest BCUT2D eigenvalue weighted by Crippen LogP contribution is 2.43. The Morgan fingerprint density at radius 2 is 1.71 bits per heavy atom.